The Hall–Kier alpha value is -2.40. The number of hydrogen-bond donors (Lipinski definition) is 0. The fourth-order valence-corrected chi connectivity index (χ4v) is 4.02. The van der Waals surface area contributed by atoms with E-state index in [0.29, 0.717) is 24.7 Å². The molecule has 0 aromatic heterocycles. The molecule has 0 N–H and O–H groups in total. The van der Waals surface area contributed by atoms with Gasteiger partial charge < -0.3 is 9.80 Å². The molecule has 0 bridgehead atoms. The first-order valence-electron chi connectivity index (χ1n) is 10.6. The van der Waals surface area contributed by atoms with Crippen LogP contribution in [0.2, 0.25) is 0 Å². The Bertz CT molecular complexity index is 806. The van der Waals surface area contributed by atoms with Crippen LogP contribution in [0, 0.1) is 5.82 Å². The van der Waals surface area contributed by atoms with Crippen LogP contribution in [0.25, 0.3) is 0 Å². The lowest BCUT2D eigenvalue weighted by atomic mass is 10.1. The molecule has 3 rings (SSSR count). The highest BCUT2D eigenvalue weighted by molar-refractivity contribution is 5.94. The number of amides is 1. The summed E-state index contributed by atoms with van der Waals surface area (Å²) in [5.41, 5.74) is 2.59. The lowest BCUT2D eigenvalue weighted by Crippen LogP contribution is -2.35. The van der Waals surface area contributed by atoms with Crippen LogP contribution in [0.1, 0.15) is 43.1 Å². The minimum Gasteiger partial charge on any atom is -0.369 e. The van der Waals surface area contributed by atoms with Gasteiger partial charge in [0.25, 0.3) is 5.91 Å². The van der Waals surface area contributed by atoms with Gasteiger partial charge >= 0.3 is 0 Å². The molecule has 4 nitrogen and oxygen atoms in total. The van der Waals surface area contributed by atoms with Crippen LogP contribution < -0.4 is 4.90 Å². The van der Waals surface area contributed by atoms with Crippen LogP contribution >= 0.6 is 0 Å². The summed E-state index contributed by atoms with van der Waals surface area (Å²) in [6.07, 6.45) is 0.898. The van der Waals surface area contributed by atoms with Crippen LogP contribution in [0.4, 0.5) is 10.1 Å². The average Bonchev–Trinajstić information content (AvgIpc) is 2.96. The summed E-state index contributed by atoms with van der Waals surface area (Å²) in [6, 6.07) is 15.3. The van der Waals surface area contributed by atoms with Crippen molar-refractivity contribution in [2.75, 3.05) is 37.6 Å². The first kappa shape index (κ1) is 21.3. The Morgan fingerprint density at radius 1 is 1.03 bits per heavy atom. The molecule has 0 radical (unpaired) electrons. The second-order valence-electron chi connectivity index (χ2n) is 7.94. The van der Waals surface area contributed by atoms with E-state index in [1.54, 1.807) is 6.07 Å². The van der Waals surface area contributed by atoms with Crippen LogP contribution in [-0.4, -0.2) is 54.5 Å². The highest BCUT2D eigenvalue weighted by Crippen LogP contribution is 2.19. The smallest absolute Gasteiger partial charge is 0.253 e. The van der Waals surface area contributed by atoms with Crippen LogP contribution in [0.5, 0.6) is 0 Å². The fraction of sp³-hybridized carbons (Fsp3) is 0.458. The molecule has 5 heteroatoms. The highest BCUT2D eigenvalue weighted by Gasteiger charge is 2.21. The van der Waals surface area contributed by atoms with E-state index in [-0.39, 0.29) is 11.7 Å². The molecular weight excluding hydrogens is 365 g/mol. The molecule has 0 unspecified atom stereocenters. The van der Waals surface area contributed by atoms with Gasteiger partial charge in [-0.1, -0.05) is 18.2 Å². The van der Waals surface area contributed by atoms with Crippen molar-refractivity contribution in [2.45, 2.75) is 39.8 Å². The van der Waals surface area contributed by atoms with Crippen molar-refractivity contribution in [3.8, 4) is 0 Å². The van der Waals surface area contributed by atoms with E-state index in [1.165, 1.54) is 6.07 Å². The van der Waals surface area contributed by atoms with Crippen LogP contribution in [-0.2, 0) is 6.54 Å². The minimum atomic E-state index is -0.160. The summed E-state index contributed by atoms with van der Waals surface area (Å²) >= 11 is 0. The summed E-state index contributed by atoms with van der Waals surface area (Å²) in [4.78, 5) is 19.5. The SMILES string of the molecule is CCN(c1ccc(C(=O)N2CCCN(Cc3ccccc3F)CC2)cc1)C(C)C. The third-order valence-corrected chi connectivity index (χ3v) is 5.64. The molecule has 1 aliphatic heterocycles. The first-order chi connectivity index (χ1) is 14.0. The fourth-order valence-electron chi connectivity index (χ4n) is 4.02. The van der Waals surface area contributed by atoms with Gasteiger partial charge in [0.1, 0.15) is 5.82 Å². The quantitative estimate of drug-likeness (QED) is 0.722. The molecule has 0 spiro atoms. The lowest BCUT2D eigenvalue weighted by Gasteiger charge is -2.28. The van der Waals surface area contributed by atoms with Crippen LogP contribution in [0.3, 0.4) is 0 Å². The standard InChI is InChI=1S/C24H32FN3O/c1-4-28(19(2)3)22-12-10-20(11-13-22)24(29)27-15-7-14-26(16-17-27)18-21-8-5-6-9-23(21)25/h5-6,8-13,19H,4,7,14-18H2,1-3H3. The number of halogens is 1. The molecule has 1 amide bonds. The summed E-state index contributed by atoms with van der Waals surface area (Å²) in [7, 11) is 0. The number of hydrogen-bond acceptors (Lipinski definition) is 3. The van der Waals surface area contributed by atoms with Gasteiger partial charge in [0.2, 0.25) is 0 Å². The van der Waals surface area contributed by atoms with Gasteiger partial charge in [0.15, 0.2) is 0 Å². The van der Waals surface area contributed by atoms with Crippen molar-refractivity contribution in [2.24, 2.45) is 0 Å². The maximum absolute atomic E-state index is 13.9. The predicted octanol–water partition coefficient (Wildman–Crippen LogP) is 4.41. The Labute approximate surface area is 173 Å². The van der Waals surface area contributed by atoms with E-state index in [9.17, 15) is 9.18 Å². The third-order valence-electron chi connectivity index (χ3n) is 5.64. The molecule has 1 heterocycles. The number of nitrogens with zero attached hydrogens (tertiary/aromatic N) is 3. The van der Waals surface area contributed by atoms with Crippen molar-refractivity contribution in [3.05, 3.63) is 65.5 Å². The Morgan fingerprint density at radius 2 is 1.76 bits per heavy atom. The van der Waals surface area contributed by atoms with E-state index in [4.69, 9.17) is 0 Å². The molecule has 2 aromatic rings. The van der Waals surface area contributed by atoms with E-state index >= 15 is 0 Å². The average molecular weight is 398 g/mol. The summed E-state index contributed by atoms with van der Waals surface area (Å²) in [5, 5.41) is 0. The maximum Gasteiger partial charge on any atom is 0.253 e. The van der Waals surface area contributed by atoms with Gasteiger partial charge in [-0.05, 0) is 57.5 Å². The zero-order chi connectivity index (χ0) is 20.8. The molecule has 1 aliphatic rings. The highest BCUT2D eigenvalue weighted by atomic mass is 19.1. The van der Waals surface area contributed by atoms with Crippen molar-refractivity contribution in [1.29, 1.82) is 0 Å². The Balaban J connectivity index is 1.61. The van der Waals surface area contributed by atoms with Crippen LogP contribution in [0.15, 0.2) is 48.5 Å². The Morgan fingerprint density at radius 3 is 2.41 bits per heavy atom. The molecule has 1 fully saturated rings. The van der Waals surface area contributed by atoms with Gasteiger partial charge in [0, 0.05) is 62.1 Å². The second-order valence-corrected chi connectivity index (χ2v) is 7.94. The van der Waals surface area contributed by atoms with Gasteiger partial charge in [-0.15, -0.1) is 0 Å². The van der Waals surface area contributed by atoms with E-state index in [2.05, 4.69) is 30.6 Å². The molecule has 0 aliphatic carbocycles. The summed E-state index contributed by atoms with van der Waals surface area (Å²) in [5.74, 6) is -0.0795. The summed E-state index contributed by atoms with van der Waals surface area (Å²) < 4.78 is 13.9. The monoisotopic (exact) mass is 397 g/mol. The molecule has 156 valence electrons. The first-order valence-corrected chi connectivity index (χ1v) is 10.6. The van der Waals surface area contributed by atoms with Crippen molar-refractivity contribution >= 4 is 11.6 Å². The third kappa shape index (κ3) is 5.36. The van der Waals surface area contributed by atoms with Gasteiger partial charge in [0.05, 0.1) is 0 Å². The maximum atomic E-state index is 13.9. The molecule has 2 aromatic carbocycles. The molecule has 29 heavy (non-hydrogen) atoms. The molecule has 1 saturated heterocycles. The molecule has 0 saturated carbocycles. The normalized spacial score (nSPS) is 15.4. The minimum absolute atomic E-state index is 0.0805. The predicted molar refractivity (Wildman–Crippen MR) is 117 cm³/mol. The number of anilines is 1. The zero-order valence-electron chi connectivity index (χ0n) is 17.8. The van der Waals surface area contributed by atoms with Crippen molar-refractivity contribution < 1.29 is 9.18 Å². The van der Waals surface area contributed by atoms with Crippen molar-refractivity contribution in [3.63, 3.8) is 0 Å². The second kappa shape index (κ2) is 9.88. The number of benzene rings is 2. The molecular formula is C24H32FN3O. The van der Waals surface area contributed by atoms with Gasteiger partial charge in [-0.25, -0.2) is 4.39 Å². The summed E-state index contributed by atoms with van der Waals surface area (Å²) in [6.45, 7) is 11.1. The number of carbonyl (C=O) groups is 1. The number of rotatable bonds is 6. The topological polar surface area (TPSA) is 26.8 Å². The van der Waals surface area contributed by atoms with Gasteiger partial charge in [-0.2, -0.15) is 0 Å². The van der Waals surface area contributed by atoms with Gasteiger partial charge in [-0.3, -0.25) is 9.69 Å². The van der Waals surface area contributed by atoms with E-state index in [0.717, 1.165) is 43.9 Å². The van der Waals surface area contributed by atoms with E-state index < -0.39 is 0 Å². The van der Waals surface area contributed by atoms with E-state index in [1.807, 2.05) is 41.3 Å². The molecule has 0 atom stereocenters. The zero-order valence-corrected chi connectivity index (χ0v) is 17.8. The number of carbonyl (C=O) groups excluding carboxylic acids is 1. The lowest BCUT2D eigenvalue weighted by molar-refractivity contribution is 0.0761. The van der Waals surface area contributed by atoms with Crippen molar-refractivity contribution in [1.82, 2.24) is 9.80 Å². The largest absolute Gasteiger partial charge is 0.369 e. The Kier molecular flexibility index (Phi) is 7.26.